The number of hydrogen-bond acceptors (Lipinski definition) is 18. The van der Waals surface area contributed by atoms with Crippen molar-refractivity contribution in [2.45, 2.75) is 246 Å². The lowest BCUT2D eigenvalue weighted by molar-refractivity contribution is -0.138. The van der Waals surface area contributed by atoms with Gasteiger partial charge in [0.1, 0.15) is 17.3 Å². The van der Waals surface area contributed by atoms with Gasteiger partial charge in [0.15, 0.2) is 40.5 Å². The van der Waals surface area contributed by atoms with E-state index in [0.29, 0.717) is 51.6 Å². The molecule has 0 saturated carbocycles. The molecular weight excluding hydrogens is 1370 g/mol. The monoisotopic (exact) mass is 1520 g/mol. The molecule has 0 radical (unpaired) electrons. The molecule has 0 bridgehead atoms. The molecule has 22 heteroatoms. The summed E-state index contributed by atoms with van der Waals surface area (Å²) in [5.74, 6) is -1.19. The highest BCUT2D eigenvalue weighted by molar-refractivity contribution is 6.43. The lowest BCUT2D eigenvalue weighted by atomic mass is 9.88. The molecule has 0 spiro atoms. The van der Waals surface area contributed by atoms with Gasteiger partial charge in [-0.2, -0.15) is 0 Å². The van der Waals surface area contributed by atoms with Crippen molar-refractivity contribution in [2.24, 2.45) is 43.3 Å². The van der Waals surface area contributed by atoms with Crippen LogP contribution >= 0.6 is 0 Å². The first kappa shape index (κ1) is 116. The number of carbonyl (C=O) groups is 16. The van der Waals surface area contributed by atoms with Gasteiger partial charge in [-0.3, -0.25) is 76.7 Å². The fraction of sp³-hybridized carbons (Fsp3) is 0.628. The van der Waals surface area contributed by atoms with Crippen LogP contribution in [0.4, 0.5) is 0 Å². The highest BCUT2D eigenvalue weighted by Gasteiger charge is 2.28. The van der Waals surface area contributed by atoms with Crippen LogP contribution in [-0.4, -0.2) is 170 Å². The summed E-state index contributed by atoms with van der Waals surface area (Å²) >= 11 is 0. The van der Waals surface area contributed by atoms with E-state index in [0.717, 1.165) is 17.2 Å². The maximum absolute atomic E-state index is 11.5. The molecule has 0 atom stereocenters. The zero-order valence-electron chi connectivity index (χ0n) is 73.3. The fourth-order valence-corrected chi connectivity index (χ4v) is 6.17. The van der Waals surface area contributed by atoms with Crippen LogP contribution < -0.4 is 21.3 Å². The van der Waals surface area contributed by atoms with Crippen molar-refractivity contribution in [3.63, 3.8) is 0 Å². The van der Waals surface area contributed by atoms with Gasteiger partial charge in [-0.1, -0.05) is 215 Å². The van der Waals surface area contributed by atoms with Crippen LogP contribution in [0.15, 0.2) is 97.2 Å². The Bertz CT molecular complexity index is 2960. The smallest absolute Gasteiger partial charge is 0.244 e. The summed E-state index contributed by atoms with van der Waals surface area (Å²) in [7, 11) is 7.65. The summed E-state index contributed by atoms with van der Waals surface area (Å²) in [4.78, 5) is 183. The van der Waals surface area contributed by atoms with Gasteiger partial charge in [-0.25, -0.2) is 0 Å². The maximum atomic E-state index is 11.5. The van der Waals surface area contributed by atoms with E-state index in [1.54, 1.807) is 65.0 Å². The molecule has 0 fully saturated rings. The summed E-state index contributed by atoms with van der Waals surface area (Å²) in [6.07, 6.45) is 20.0. The van der Waals surface area contributed by atoms with Crippen LogP contribution in [0.3, 0.4) is 0 Å². The Balaban J connectivity index is -0.000000177. The topological polar surface area (TPSA) is 328 Å². The molecule has 0 aliphatic heterocycles. The minimum absolute atomic E-state index is 0.0118. The number of hydrogen-bond donors (Lipinski definition) is 4. The van der Waals surface area contributed by atoms with Crippen LogP contribution in [0.2, 0.25) is 0 Å². The third-order valence-electron chi connectivity index (χ3n) is 13.7. The van der Waals surface area contributed by atoms with Gasteiger partial charge in [0.2, 0.25) is 35.2 Å². The second kappa shape index (κ2) is 57.8. The molecule has 4 amide bonds. The fourth-order valence-electron chi connectivity index (χ4n) is 6.17. The normalized spacial score (nSPS) is 11.4. The molecule has 0 aromatic rings. The minimum Gasteiger partial charge on any atom is -0.345 e. The van der Waals surface area contributed by atoms with Crippen molar-refractivity contribution in [3.8, 4) is 0 Å². The lowest BCUT2D eigenvalue weighted by Gasteiger charge is -2.16. The van der Waals surface area contributed by atoms with Gasteiger partial charge in [-0.05, 0) is 106 Å². The first-order valence-electron chi connectivity index (χ1n) is 36.4. The molecule has 0 aliphatic rings. The number of nitrogens with one attached hydrogen (secondary N) is 4. The second-order valence-electron chi connectivity index (χ2n) is 34.6. The SMILES string of the molecule is C/C=C\C(=O)CCC(=O)C(C)(C)C.C/C=C\C(=O)NCC(=O)C(C)(C)C.C=CC(=O)CCC(=O)C(C)(C)C.C=CC(=O)NCC(=O)C(C)(C)C.CC(C)=CC(=O)CCC(=O)C(C)(C)C.CC(C)=CC(=O)NCC(=O)C(C)(C)C.CN(C)C/C=C/C(=O)C(=O)C(C)(C)C.CN(C)C/C=C/C(=O)NCC(=O)C(C)(C)C. The quantitative estimate of drug-likeness (QED) is 0.0383. The zero-order chi connectivity index (χ0) is 87.3. The Morgan fingerprint density at radius 1 is 0.296 bits per heavy atom. The molecule has 0 aliphatic carbocycles. The molecule has 0 aromatic heterocycles. The van der Waals surface area contributed by atoms with E-state index in [2.05, 4.69) is 34.4 Å². The van der Waals surface area contributed by atoms with Crippen molar-refractivity contribution in [1.29, 1.82) is 0 Å². The molecule has 616 valence electrons. The average Bonchev–Trinajstić information content (AvgIpc) is 0.892. The van der Waals surface area contributed by atoms with E-state index in [4.69, 9.17) is 0 Å². The Labute approximate surface area is 652 Å². The van der Waals surface area contributed by atoms with Gasteiger partial charge in [0.05, 0.1) is 26.2 Å². The number of allylic oxidation sites excluding steroid dienone is 8. The molecule has 0 unspecified atom stereocenters. The number of rotatable bonds is 30. The van der Waals surface area contributed by atoms with E-state index < -0.39 is 27.4 Å². The number of likely N-dealkylation sites (N-methyl/N-ethyl adjacent to an activating group) is 2. The Morgan fingerprint density at radius 2 is 0.565 bits per heavy atom. The van der Waals surface area contributed by atoms with Crippen molar-refractivity contribution >= 4 is 93.0 Å². The summed E-state index contributed by atoms with van der Waals surface area (Å²) in [6.45, 7) is 63.3. The molecule has 0 rings (SSSR count). The van der Waals surface area contributed by atoms with Gasteiger partial charge in [0.25, 0.3) is 0 Å². The summed E-state index contributed by atoms with van der Waals surface area (Å²) in [6, 6.07) is 0. The molecule has 0 saturated heterocycles. The van der Waals surface area contributed by atoms with Gasteiger partial charge in [0, 0.05) is 107 Å². The van der Waals surface area contributed by atoms with Crippen molar-refractivity contribution in [2.75, 3.05) is 67.5 Å². The van der Waals surface area contributed by atoms with E-state index in [-0.39, 0.29) is 135 Å². The van der Waals surface area contributed by atoms with Crippen molar-refractivity contribution in [3.05, 3.63) is 97.2 Å². The molecular formula is C86H146N6O16. The summed E-state index contributed by atoms with van der Waals surface area (Å²) in [5.41, 5.74) is -1.23. The molecule has 0 aromatic carbocycles. The molecule has 108 heavy (non-hydrogen) atoms. The van der Waals surface area contributed by atoms with Crippen LogP contribution in [0.25, 0.3) is 0 Å². The van der Waals surface area contributed by atoms with E-state index in [9.17, 15) is 76.7 Å². The maximum Gasteiger partial charge on any atom is 0.244 e. The van der Waals surface area contributed by atoms with Crippen LogP contribution in [-0.2, 0) is 76.7 Å². The van der Waals surface area contributed by atoms with Crippen LogP contribution in [0, 0.1) is 43.3 Å². The highest BCUT2D eigenvalue weighted by Crippen LogP contribution is 2.21. The number of amides is 4. The Kier molecular flexibility index (Phi) is 61.9. The number of nitrogens with zero attached hydrogens (tertiary/aromatic N) is 2. The number of carbonyl (C=O) groups excluding carboxylic acids is 16. The van der Waals surface area contributed by atoms with Gasteiger partial charge >= 0.3 is 0 Å². The van der Waals surface area contributed by atoms with Gasteiger partial charge < -0.3 is 31.1 Å². The molecule has 4 N–H and O–H groups in total. The minimum atomic E-state index is -0.584. The lowest BCUT2D eigenvalue weighted by Crippen LogP contribution is -2.34. The van der Waals surface area contributed by atoms with Gasteiger partial charge in [-0.15, -0.1) is 0 Å². The predicted octanol–water partition coefficient (Wildman–Crippen LogP) is 13.6. The first-order valence-corrected chi connectivity index (χ1v) is 36.4. The standard InChI is InChI=1S/C12H22N2O2.C12H20O2.2C11H19NO2.C11H18O2.C10H17NO2.C10H16O2.C9H15NO2/c1-12(2,3)10(15)9-13-11(16)7-6-8-14(4)5;1-9(2)8-10(13)6-7-11(14)12(3,4)5;1-8(2)6-10(14)12-7-9(13)11(3,4)5;1-11(2,3)10(14)9(13)7-6-8-12(4)5;1-5-6-9(12)7-8-10(13)11(2,3)4;1-5-6-9(13)11-7-8(12)10(2,3)4;1-5-8(11)6-7-9(12)10(2,3)4;1-5-8(12)10-6-7(11)9(2,3)4/h6-7H,8-9H2,1-5H3,(H,13,16);8H,6-7H2,1-5H3;6H,7H2,1-5H3,(H,12,14);6-7H,8H2,1-5H3;5-6H,7-8H2,1-4H3;5-6H,7H2,1-4H3,(H,11,13);5H,1,6-7H2,2-4H3;5H,1,6H2,2-4H3,(H,10,12)/b7-6+;;;7-6+;2*6-5-;;. The Hall–Kier alpha value is -8.24. The summed E-state index contributed by atoms with van der Waals surface area (Å²) < 4.78 is 0. The third kappa shape index (κ3) is 77.4. The number of Topliss-reactive ketones (excluding diaryl/α,β-unsaturated/α-hetero) is 8. The second-order valence-corrected chi connectivity index (χ2v) is 34.6. The first-order chi connectivity index (χ1) is 48.4. The van der Waals surface area contributed by atoms with E-state index >= 15 is 0 Å². The van der Waals surface area contributed by atoms with Crippen LogP contribution in [0.5, 0.6) is 0 Å². The van der Waals surface area contributed by atoms with Crippen molar-refractivity contribution < 1.29 is 76.7 Å². The largest absolute Gasteiger partial charge is 0.345 e. The Morgan fingerprint density at radius 3 is 0.824 bits per heavy atom. The third-order valence-corrected chi connectivity index (χ3v) is 13.7. The predicted molar refractivity (Wildman–Crippen MR) is 440 cm³/mol. The van der Waals surface area contributed by atoms with E-state index in [1.165, 1.54) is 36.5 Å². The molecule has 22 nitrogen and oxygen atoms in total. The van der Waals surface area contributed by atoms with E-state index in [1.807, 2.05) is 211 Å². The van der Waals surface area contributed by atoms with Crippen molar-refractivity contribution in [1.82, 2.24) is 31.1 Å². The van der Waals surface area contributed by atoms with Crippen LogP contribution in [0.1, 0.15) is 246 Å². The average molecular weight is 1520 g/mol. The molecule has 0 heterocycles. The zero-order valence-corrected chi connectivity index (χ0v) is 73.3. The number of ketones is 12. The highest BCUT2D eigenvalue weighted by atomic mass is 16.2. The summed E-state index contributed by atoms with van der Waals surface area (Å²) in [5, 5.41) is 10.1.